The van der Waals surface area contributed by atoms with Gasteiger partial charge in [-0.15, -0.1) is 0 Å². The average molecular weight is 503 g/mol. The van der Waals surface area contributed by atoms with E-state index in [2.05, 4.69) is 11.3 Å². The van der Waals surface area contributed by atoms with Gasteiger partial charge in [0, 0.05) is 6.08 Å². The van der Waals surface area contributed by atoms with E-state index in [9.17, 15) is 24.0 Å². The molecule has 0 aromatic heterocycles. The molecule has 0 radical (unpaired) electrons. The van der Waals surface area contributed by atoms with Crippen molar-refractivity contribution in [2.75, 3.05) is 6.79 Å². The number of rotatable bonds is 9. The van der Waals surface area contributed by atoms with Crippen LogP contribution in [0.2, 0.25) is 0 Å². The normalized spacial score (nSPS) is 23.6. The predicted molar refractivity (Wildman–Crippen MR) is 124 cm³/mol. The highest BCUT2D eigenvalue weighted by Gasteiger charge is 2.33. The summed E-state index contributed by atoms with van der Waals surface area (Å²) < 4.78 is 20.6. The zero-order chi connectivity index (χ0) is 26.1. The molecule has 0 aliphatic heterocycles. The summed E-state index contributed by atoms with van der Waals surface area (Å²) in [5.41, 5.74) is 0.444. The monoisotopic (exact) mass is 502 g/mol. The first-order valence-electron chi connectivity index (χ1n) is 12.0. The molecule has 194 valence electrons. The number of esters is 4. The number of carbonyl (C=O) groups excluding carboxylic acids is 4. The average Bonchev–Trinajstić information content (AvgIpc) is 2.89. The van der Waals surface area contributed by atoms with E-state index in [1.807, 2.05) is 0 Å². The summed E-state index contributed by atoms with van der Waals surface area (Å²) in [4.78, 5) is 59.0. The molecule has 1 aromatic rings. The summed E-state index contributed by atoms with van der Waals surface area (Å²) in [6, 6.07) is 5.70. The van der Waals surface area contributed by atoms with Crippen LogP contribution >= 0.6 is 0 Å². The second-order valence-corrected chi connectivity index (χ2v) is 8.92. The third-order valence-corrected chi connectivity index (χ3v) is 6.50. The van der Waals surface area contributed by atoms with Gasteiger partial charge in [0.15, 0.2) is 0 Å². The number of aliphatic carboxylic acids is 1. The van der Waals surface area contributed by atoms with E-state index < -0.39 is 30.7 Å². The van der Waals surface area contributed by atoms with Gasteiger partial charge >= 0.3 is 29.8 Å². The van der Waals surface area contributed by atoms with E-state index in [0.717, 1.165) is 6.08 Å². The number of benzene rings is 1. The summed E-state index contributed by atoms with van der Waals surface area (Å²) in [7, 11) is 0. The number of carbonyl (C=O) groups is 5. The summed E-state index contributed by atoms with van der Waals surface area (Å²) in [6.45, 7) is 2.68. The summed E-state index contributed by atoms with van der Waals surface area (Å²) in [5.74, 6) is -3.64. The first-order valence-corrected chi connectivity index (χ1v) is 12.0. The van der Waals surface area contributed by atoms with Crippen molar-refractivity contribution in [1.29, 1.82) is 0 Å². The molecular weight excluding hydrogens is 472 g/mol. The number of hydrogen-bond donors (Lipinski definition) is 1. The molecule has 10 heteroatoms. The van der Waals surface area contributed by atoms with Crippen LogP contribution in [-0.2, 0) is 33.3 Å². The minimum atomic E-state index is -0.796. The van der Waals surface area contributed by atoms with E-state index in [1.165, 1.54) is 24.3 Å². The molecule has 1 N–H and O–H groups in total. The van der Waals surface area contributed by atoms with Gasteiger partial charge in [0.25, 0.3) is 0 Å². The molecule has 0 atom stereocenters. The molecule has 1 aromatic carbocycles. The minimum Gasteiger partial charge on any atom is -0.481 e. The van der Waals surface area contributed by atoms with Gasteiger partial charge in [-0.1, -0.05) is 6.58 Å². The minimum absolute atomic E-state index is 0.177. The summed E-state index contributed by atoms with van der Waals surface area (Å²) in [6.07, 6.45) is 4.71. The zero-order valence-corrected chi connectivity index (χ0v) is 19.9. The lowest BCUT2D eigenvalue weighted by Gasteiger charge is -2.30. The lowest BCUT2D eigenvalue weighted by molar-refractivity contribution is -0.158. The van der Waals surface area contributed by atoms with Crippen LogP contribution in [0.1, 0.15) is 72.1 Å². The standard InChI is InChI=1S/C26H30O10/c1-2-22(27)33-15-34-24(30)17-3-5-18(6-4-17)25(31)36-21-13-9-19(10-14-21)26(32)35-20-11-7-16(8-12-20)23(28)29/h2-6,16,19-21H,1,7-15H2,(H,28,29). The van der Waals surface area contributed by atoms with Crippen molar-refractivity contribution < 1.29 is 48.0 Å². The van der Waals surface area contributed by atoms with Gasteiger partial charge in [0.05, 0.1) is 23.0 Å². The van der Waals surface area contributed by atoms with Crippen molar-refractivity contribution in [2.45, 2.75) is 63.6 Å². The predicted octanol–water partition coefficient (Wildman–Crippen LogP) is 3.43. The number of carboxylic acid groups (broad SMARTS) is 1. The van der Waals surface area contributed by atoms with Gasteiger partial charge < -0.3 is 24.1 Å². The second-order valence-electron chi connectivity index (χ2n) is 8.92. The van der Waals surface area contributed by atoms with Crippen LogP contribution < -0.4 is 0 Å². The van der Waals surface area contributed by atoms with E-state index in [0.29, 0.717) is 51.4 Å². The molecule has 2 saturated carbocycles. The van der Waals surface area contributed by atoms with Gasteiger partial charge in [0.2, 0.25) is 6.79 Å². The second kappa shape index (κ2) is 12.9. The van der Waals surface area contributed by atoms with E-state index >= 15 is 0 Å². The Morgan fingerprint density at radius 1 is 0.750 bits per heavy atom. The summed E-state index contributed by atoms with van der Waals surface area (Å²) in [5, 5.41) is 9.08. The van der Waals surface area contributed by atoms with Crippen molar-refractivity contribution in [1.82, 2.24) is 0 Å². The van der Waals surface area contributed by atoms with Crippen LogP contribution in [0.25, 0.3) is 0 Å². The molecule has 0 amide bonds. The fraction of sp³-hybridized carbons (Fsp3) is 0.500. The maximum absolute atomic E-state index is 12.5. The van der Waals surface area contributed by atoms with Crippen LogP contribution in [0.15, 0.2) is 36.9 Å². The molecular formula is C26H30O10. The summed E-state index contributed by atoms with van der Waals surface area (Å²) >= 11 is 0. The molecule has 10 nitrogen and oxygen atoms in total. The molecule has 2 aliphatic carbocycles. The van der Waals surface area contributed by atoms with E-state index in [1.54, 1.807) is 0 Å². The molecule has 2 aliphatic rings. The van der Waals surface area contributed by atoms with Crippen LogP contribution in [0, 0.1) is 11.8 Å². The maximum Gasteiger partial charge on any atom is 0.340 e. The fourth-order valence-electron chi connectivity index (χ4n) is 4.35. The van der Waals surface area contributed by atoms with Gasteiger partial charge in [0.1, 0.15) is 12.2 Å². The van der Waals surface area contributed by atoms with E-state index in [4.69, 9.17) is 19.3 Å². The Kier molecular flexibility index (Phi) is 9.61. The van der Waals surface area contributed by atoms with Gasteiger partial charge in [-0.05, 0) is 75.6 Å². The highest BCUT2D eigenvalue weighted by atomic mass is 16.7. The lowest BCUT2D eigenvalue weighted by Crippen LogP contribution is -2.33. The number of hydrogen-bond acceptors (Lipinski definition) is 9. The van der Waals surface area contributed by atoms with E-state index in [-0.39, 0.29) is 41.1 Å². The van der Waals surface area contributed by atoms with Crippen molar-refractivity contribution in [3.05, 3.63) is 48.0 Å². The highest BCUT2D eigenvalue weighted by molar-refractivity contribution is 5.93. The SMILES string of the molecule is C=CC(=O)OCOC(=O)c1ccc(C(=O)OC2CCC(C(=O)OC3CCC(C(=O)O)CC3)CC2)cc1. The largest absolute Gasteiger partial charge is 0.481 e. The van der Waals surface area contributed by atoms with Crippen molar-refractivity contribution in [2.24, 2.45) is 11.8 Å². The quantitative estimate of drug-likeness (QED) is 0.231. The highest BCUT2D eigenvalue weighted by Crippen LogP contribution is 2.31. The smallest absolute Gasteiger partial charge is 0.340 e. The fourth-order valence-corrected chi connectivity index (χ4v) is 4.35. The lowest BCUT2D eigenvalue weighted by atomic mass is 9.86. The van der Waals surface area contributed by atoms with Crippen molar-refractivity contribution >= 4 is 29.8 Å². The Morgan fingerprint density at radius 3 is 1.78 bits per heavy atom. The van der Waals surface area contributed by atoms with Crippen LogP contribution in [-0.4, -0.2) is 54.0 Å². The van der Waals surface area contributed by atoms with Crippen molar-refractivity contribution in [3.63, 3.8) is 0 Å². The van der Waals surface area contributed by atoms with Crippen LogP contribution in [0.3, 0.4) is 0 Å². The first kappa shape index (κ1) is 26.9. The molecule has 0 saturated heterocycles. The topological polar surface area (TPSA) is 142 Å². The number of ether oxygens (including phenoxy) is 4. The molecule has 36 heavy (non-hydrogen) atoms. The first-order chi connectivity index (χ1) is 17.3. The molecule has 3 rings (SSSR count). The van der Waals surface area contributed by atoms with Crippen LogP contribution in [0.4, 0.5) is 0 Å². The zero-order valence-electron chi connectivity index (χ0n) is 19.9. The number of carboxylic acids is 1. The van der Waals surface area contributed by atoms with Gasteiger partial charge in [-0.3, -0.25) is 9.59 Å². The maximum atomic E-state index is 12.5. The third kappa shape index (κ3) is 7.66. The van der Waals surface area contributed by atoms with Crippen molar-refractivity contribution in [3.8, 4) is 0 Å². The van der Waals surface area contributed by atoms with Gasteiger partial charge in [-0.2, -0.15) is 0 Å². The third-order valence-electron chi connectivity index (χ3n) is 6.50. The molecule has 0 unspecified atom stereocenters. The Hall–Kier alpha value is -3.69. The van der Waals surface area contributed by atoms with Gasteiger partial charge in [-0.25, -0.2) is 14.4 Å². The Bertz CT molecular complexity index is 967. The Labute approximate surface area is 208 Å². The Morgan fingerprint density at radius 2 is 1.25 bits per heavy atom. The Balaban J connectivity index is 1.38. The molecule has 2 fully saturated rings. The van der Waals surface area contributed by atoms with Crippen LogP contribution in [0.5, 0.6) is 0 Å². The molecule has 0 bridgehead atoms. The molecule has 0 spiro atoms. The molecule has 0 heterocycles.